The zero-order chi connectivity index (χ0) is 12.3. The molecule has 0 fully saturated rings. The van der Waals surface area contributed by atoms with Crippen LogP contribution >= 0.6 is 0 Å². The van der Waals surface area contributed by atoms with Gasteiger partial charge in [0.05, 0.1) is 6.10 Å². The van der Waals surface area contributed by atoms with Crippen LogP contribution in [0.5, 0.6) is 0 Å². The molecule has 4 nitrogen and oxygen atoms in total. The minimum absolute atomic E-state index is 0.0229. The Morgan fingerprint density at radius 1 is 1.44 bits per heavy atom. The molecule has 2 unspecified atom stereocenters. The lowest BCUT2D eigenvalue weighted by Crippen LogP contribution is -2.27. The average Bonchev–Trinajstić information content (AvgIpc) is 2.27. The molecule has 0 aromatic heterocycles. The average molecular weight is 223 g/mol. The van der Waals surface area contributed by atoms with Gasteiger partial charge in [0.25, 0.3) is 0 Å². The number of aryl methyl sites for hydroxylation is 1. The highest BCUT2D eigenvalue weighted by molar-refractivity contribution is 5.94. The zero-order valence-electron chi connectivity index (χ0n) is 9.47. The molecule has 1 aromatic carbocycles. The first-order valence-corrected chi connectivity index (χ1v) is 5.15. The van der Waals surface area contributed by atoms with Crippen molar-refractivity contribution in [3.05, 3.63) is 34.9 Å². The summed E-state index contributed by atoms with van der Waals surface area (Å²) in [4.78, 5) is 11.2. The van der Waals surface area contributed by atoms with E-state index in [1.54, 1.807) is 18.2 Å². The fraction of sp³-hybridized carbons (Fsp3) is 0.417. The third-order valence-corrected chi connectivity index (χ3v) is 2.61. The van der Waals surface area contributed by atoms with Crippen LogP contribution < -0.4 is 5.73 Å². The molecule has 0 saturated carbocycles. The van der Waals surface area contributed by atoms with Crippen molar-refractivity contribution in [2.75, 3.05) is 6.54 Å². The summed E-state index contributed by atoms with van der Waals surface area (Å²) in [6, 6.07) is 5.04. The van der Waals surface area contributed by atoms with E-state index >= 15 is 0 Å². The van der Waals surface area contributed by atoms with Gasteiger partial charge in [-0.2, -0.15) is 0 Å². The van der Waals surface area contributed by atoms with Crippen LogP contribution in [0.3, 0.4) is 0 Å². The SMILES string of the molecule is CC(=O)c1ccc(C)c(C(O)C(O)CN)c1. The number of hydrogen-bond acceptors (Lipinski definition) is 4. The predicted octanol–water partition coefficient (Wildman–Crippen LogP) is 0.551. The Morgan fingerprint density at radius 2 is 2.06 bits per heavy atom. The van der Waals surface area contributed by atoms with Gasteiger partial charge < -0.3 is 15.9 Å². The molecule has 0 spiro atoms. The topological polar surface area (TPSA) is 83.5 Å². The van der Waals surface area contributed by atoms with Crippen LogP contribution in [0.25, 0.3) is 0 Å². The molecule has 0 aliphatic heterocycles. The van der Waals surface area contributed by atoms with Crippen molar-refractivity contribution in [3.63, 3.8) is 0 Å². The van der Waals surface area contributed by atoms with E-state index in [0.29, 0.717) is 11.1 Å². The summed E-state index contributed by atoms with van der Waals surface area (Å²) in [5.74, 6) is -0.0734. The van der Waals surface area contributed by atoms with E-state index in [1.165, 1.54) is 6.92 Å². The van der Waals surface area contributed by atoms with Gasteiger partial charge in [-0.05, 0) is 31.0 Å². The summed E-state index contributed by atoms with van der Waals surface area (Å²) in [5.41, 5.74) is 7.17. The second-order valence-corrected chi connectivity index (χ2v) is 3.88. The number of ketones is 1. The Hall–Kier alpha value is -1.23. The number of benzene rings is 1. The molecule has 0 amide bonds. The summed E-state index contributed by atoms with van der Waals surface area (Å²) < 4.78 is 0. The molecular weight excluding hydrogens is 206 g/mol. The second kappa shape index (κ2) is 5.21. The fourth-order valence-electron chi connectivity index (χ4n) is 1.51. The highest BCUT2D eigenvalue weighted by Gasteiger charge is 2.19. The molecule has 0 aliphatic carbocycles. The summed E-state index contributed by atoms with van der Waals surface area (Å²) in [7, 11) is 0. The predicted molar refractivity (Wildman–Crippen MR) is 61.2 cm³/mol. The van der Waals surface area contributed by atoms with Crippen molar-refractivity contribution in [2.24, 2.45) is 5.73 Å². The van der Waals surface area contributed by atoms with Gasteiger partial charge in [0.1, 0.15) is 6.10 Å². The normalized spacial score (nSPS) is 14.6. The Labute approximate surface area is 94.7 Å². The van der Waals surface area contributed by atoms with Gasteiger partial charge in [-0.25, -0.2) is 0 Å². The van der Waals surface area contributed by atoms with E-state index in [2.05, 4.69) is 0 Å². The molecule has 0 saturated heterocycles. The molecule has 1 aromatic rings. The van der Waals surface area contributed by atoms with Crippen LogP contribution in [-0.2, 0) is 0 Å². The molecule has 2 atom stereocenters. The summed E-state index contributed by atoms with van der Waals surface area (Å²) in [6.45, 7) is 3.25. The maximum absolute atomic E-state index is 11.2. The maximum atomic E-state index is 11.2. The number of aliphatic hydroxyl groups is 2. The largest absolute Gasteiger partial charge is 0.389 e. The summed E-state index contributed by atoms with van der Waals surface area (Å²) >= 11 is 0. The number of rotatable bonds is 4. The van der Waals surface area contributed by atoms with Crippen LogP contribution in [0.2, 0.25) is 0 Å². The van der Waals surface area contributed by atoms with E-state index in [9.17, 15) is 15.0 Å². The van der Waals surface area contributed by atoms with Gasteiger partial charge >= 0.3 is 0 Å². The summed E-state index contributed by atoms with van der Waals surface area (Å²) in [5, 5.41) is 19.3. The molecule has 0 radical (unpaired) electrons. The van der Waals surface area contributed by atoms with E-state index < -0.39 is 12.2 Å². The van der Waals surface area contributed by atoms with E-state index in [-0.39, 0.29) is 12.3 Å². The van der Waals surface area contributed by atoms with Gasteiger partial charge in [-0.15, -0.1) is 0 Å². The maximum Gasteiger partial charge on any atom is 0.159 e. The van der Waals surface area contributed by atoms with Crippen molar-refractivity contribution in [2.45, 2.75) is 26.1 Å². The fourth-order valence-corrected chi connectivity index (χ4v) is 1.51. The Balaban J connectivity index is 3.11. The van der Waals surface area contributed by atoms with Crippen LogP contribution in [0.4, 0.5) is 0 Å². The molecule has 88 valence electrons. The molecule has 0 heterocycles. The lowest BCUT2D eigenvalue weighted by Gasteiger charge is -2.19. The highest BCUT2D eigenvalue weighted by atomic mass is 16.3. The molecule has 4 N–H and O–H groups in total. The Kier molecular flexibility index (Phi) is 4.18. The van der Waals surface area contributed by atoms with Crippen LogP contribution in [0.15, 0.2) is 18.2 Å². The number of carbonyl (C=O) groups excluding carboxylic acids is 1. The first kappa shape index (κ1) is 12.8. The minimum atomic E-state index is -1.05. The van der Waals surface area contributed by atoms with Gasteiger partial charge in [-0.1, -0.05) is 12.1 Å². The first-order chi connectivity index (χ1) is 7.47. The van der Waals surface area contributed by atoms with E-state index in [1.807, 2.05) is 6.92 Å². The molecular formula is C12H17NO3. The van der Waals surface area contributed by atoms with Gasteiger partial charge in [-0.3, -0.25) is 4.79 Å². The Bertz CT molecular complexity index is 390. The van der Waals surface area contributed by atoms with Crippen molar-refractivity contribution in [1.82, 2.24) is 0 Å². The number of hydrogen-bond donors (Lipinski definition) is 3. The highest BCUT2D eigenvalue weighted by Crippen LogP contribution is 2.22. The van der Waals surface area contributed by atoms with Crippen molar-refractivity contribution >= 4 is 5.78 Å². The summed E-state index contributed by atoms with van der Waals surface area (Å²) in [6.07, 6.45) is -2.06. The molecule has 1 rings (SSSR count). The minimum Gasteiger partial charge on any atom is -0.389 e. The van der Waals surface area contributed by atoms with Gasteiger partial charge in [0, 0.05) is 12.1 Å². The van der Waals surface area contributed by atoms with Crippen molar-refractivity contribution in [1.29, 1.82) is 0 Å². The third kappa shape index (κ3) is 2.66. The van der Waals surface area contributed by atoms with E-state index in [4.69, 9.17) is 5.73 Å². The number of nitrogens with two attached hydrogens (primary N) is 1. The molecule has 0 aliphatic rings. The lowest BCUT2D eigenvalue weighted by molar-refractivity contribution is 0.0239. The van der Waals surface area contributed by atoms with E-state index in [0.717, 1.165) is 5.56 Å². The molecule has 4 heteroatoms. The monoisotopic (exact) mass is 223 g/mol. The molecule has 0 bridgehead atoms. The second-order valence-electron chi connectivity index (χ2n) is 3.88. The number of carbonyl (C=O) groups is 1. The lowest BCUT2D eigenvalue weighted by atomic mass is 9.96. The van der Waals surface area contributed by atoms with Crippen LogP contribution in [-0.4, -0.2) is 28.6 Å². The van der Waals surface area contributed by atoms with Crippen LogP contribution in [0, 0.1) is 6.92 Å². The van der Waals surface area contributed by atoms with Crippen molar-refractivity contribution < 1.29 is 15.0 Å². The first-order valence-electron chi connectivity index (χ1n) is 5.15. The quantitative estimate of drug-likeness (QED) is 0.651. The Morgan fingerprint density at radius 3 is 2.56 bits per heavy atom. The number of aliphatic hydroxyl groups excluding tert-OH is 2. The third-order valence-electron chi connectivity index (χ3n) is 2.61. The molecule has 16 heavy (non-hydrogen) atoms. The number of Topliss-reactive ketones (excluding diaryl/α,β-unsaturated/α-hetero) is 1. The van der Waals surface area contributed by atoms with Crippen LogP contribution in [0.1, 0.15) is 34.5 Å². The van der Waals surface area contributed by atoms with Crippen molar-refractivity contribution in [3.8, 4) is 0 Å². The zero-order valence-corrected chi connectivity index (χ0v) is 9.47. The smallest absolute Gasteiger partial charge is 0.159 e. The van der Waals surface area contributed by atoms with Gasteiger partial charge in [0.15, 0.2) is 5.78 Å². The standard InChI is InChI=1S/C12H17NO3/c1-7-3-4-9(8(2)14)5-10(7)12(16)11(15)6-13/h3-5,11-12,15-16H,6,13H2,1-2H3. The van der Waals surface area contributed by atoms with Gasteiger partial charge in [0.2, 0.25) is 0 Å².